The molecule has 0 atom stereocenters. The Balaban J connectivity index is 1.54. The van der Waals surface area contributed by atoms with Gasteiger partial charge in [-0.25, -0.2) is 9.59 Å². The number of nitrogens with one attached hydrogen (secondary N) is 1. The third-order valence-corrected chi connectivity index (χ3v) is 5.99. The van der Waals surface area contributed by atoms with Gasteiger partial charge in [0.25, 0.3) is 0 Å². The van der Waals surface area contributed by atoms with Crippen LogP contribution in [0.4, 0.5) is 4.79 Å². The fraction of sp³-hybridized carbons (Fsp3) is 0.875. The molecule has 2 saturated carbocycles. The first-order chi connectivity index (χ1) is 10.1. The molecule has 1 heterocycles. The van der Waals surface area contributed by atoms with Crippen LogP contribution < -0.4 is 5.32 Å². The van der Waals surface area contributed by atoms with E-state index >= 15 is 0 Å². The van der Waals surface area contributed by atoms with Crippen LogP contribution in [0.15, 0.2) is 0 Å². The molecule has 1 spiro atoms. The number of carbonyl (C=O) groups excluding carboxylic acids is 1. The minimum absolute atomic E-state index is 0.178. The van der Waals surface area contributed by atoms with Gasteiger partial charge < -0.3 is 15.3 Å². The quantitative estimate of drug-likeness (QED) is 0.822. The largest absolute Gasteiger partial charge is 0.480 e. The smallest absolute Gasteiger partial charge is 0.329 e. The molecule has 0 bridgehead atoms. The molecule has 21 heavy (non-hydrogen) atoms. The zero-order valence-corrected chi connectivity index (χ0v) is 12.7. The Morgan fingerprint density at radius 3 is 1.95 bits per heavy atom. The summed E-state index contributed by atoms with van der Waals surface area (Å²) in [5.41, 5.74) is -0.521. The molecule has 0 unspecified atom stereocenters. The van der Waals surface area contributed by atoms with Crippen molar-refractivity contribution < 1.29 is 14.7 Å². The van der Waals surface area contributed by atoms with Crippen molar-refractivity contribution in [2.75, 3.05) is 13.1 Å². The zero-order valence-electron chi connectivity index (χ0n) is 12.7. The van der Waals surface area contributed by atoms with Crippen molar-refractivity contribution >= 4 is 12.0 Å². The summed E-state index contributed by atoms with van der Waals surface area (Å²) in [7, 11) is 0. The molecule has 0 aromatic heterocycles. The predicted octanol–water partition coefficient (Wildman–Crippen LogP) is 2.75. The summed E-state index contributed by atoms with van der Waals surface area (Å²) in [5.74, 6) is -0.886. The summed E-state index contributed by atoms with van der Waals surface area (Å²) in [6, 6.07) is -0.178. The van der Waals surface area contributed by atoms with Crippen LogP contribution in [0.1, 0.15) is 64.2 Å². The SMILES string of the molecule is O=C(NC1(C(=O)O)CCC1)N1CCC2(CCCCC2)CC1. The van der Waals surface area contributed by atoms with Crippen LogP contribution in [0, 0.1) is 5.41 Å². The second-order valence-electron chi connectivity index (χ2n) is 7.22. The van der Waals surface area contributed by atoms with E-state index in [0.717, 1.165) is 32.4 Å². The van der Waals surface area contributed by atoms with E-state index in [4.69, 9.17) is 0 Å². The first kappa shape index (κ1) is 14.7. The Labute approximate surface area is 126 Å². The molecule has 2 amide bonds. The lowest BCUT2D eigenvalue weighted by Crippen LogP contribution is -2.62. The number of carboxylic acids is 1. The molecule has 2 N–H and O–H groups in total. The van der Waals surface area contributed by atoms with E-state index in [2.05, 4.69) is 5.32 Å². The molecular formula is C16H26N2O3. The number of urea groups is 1. The fourth-order valence-electron chi connectivity index (χ4n) is 4.19. The molecule has 2 aliphatic carbocycles. The molecule has 3 rings (SSSR count). The van der Waals surface area contributed by atoms with Gasteiger partial charge in [0.15, 0.2) is 0 Å². The molecule has 1 saturated heterocycles. The lowest BCUT2D eigenvalue weighted by atomic mass is 9.68. The number of hydrogen-bond donors (Lipinski definition) is 2. The highest BCUT2D eigenvalue weighted by atomic mass is 16.4. The fourth-order valence-corrected chi connectivity index (χ4v) is 4.19. The Hall–Kier alpha value is -1.26. The van der Waals surface area contributed by atoms with E-state index < -0.39 is 11.5 Å². The van der Waals surface area contributed by atoms with Crippen LogP contribution in [0.3, 0.4) is 0 Å². The van der Waals surface area contributed by atoms with Gasteiger partial charge in [-0.05, 0) is 50.4 Å². The van der Waals surface area contributed by atoms with Crippen molar-refractivity contribution in [2.45, 2.75) is 69.7 Å². The van der Waals surface area contributed by atoms with Gasteiger partial charge in [-0.15, -0.1) is 0 Å². The van der Waals surface area contributed by atoms with Gasteiger partial charge in [0.05, 0.1) is 0 Å². The van der Waals surface area contributed by atoms with Gasteiger partial charge in [0, 0.05) is 13.1 Å². The minimum Gasteiger partial charge on any atom is -0.480 e. The van der Waals surface area contributed by atoms with Crippen molar-refractivity contribution in [3.8, 4) is 0 Å². The predicted molar refractivity (Wildman–Crippen MR) is 79.1 cm³/mol. The van der Waals surface area contributed by atoms with Gasteiger partial charge in [-0.1, -0.05) is 19.3 Å². The standard InChI is InChI=1S/C16H26N2O3/c19-13(20)16(7-4-8-16)17-14(21)18-11-9-15(10-12-18)5-2-1-3-6-15/h1-12H2,(H,17,21)(H,19,20). The summed E-state index contributed by atoms with van der Waals surface area (Å²) < 4.78 is 0. The van der Waals surface area contributed by atoms with Crippen molar-refractivity contribution in [1.82, 2.24) is 10.2 Å². The van der Waals surface area contributed by atoms with E-state index in [9.17, 15) is 14.7 Å². The molecule has 0 aromatic rings. The number of carbonyl (C=O) groups is 2. The van der Waals surface area contributed by atoms with Gasteiger partial charge in [0.2, 0.25) is 0 Å². The van der Waals surface area contributed by atoms with E-state index in [1.54, 1.807) is 0 Å². The Kier molecular flexibility index (Phi) is 3.84. The number of carboxylic acid groups (broad SMARTS) is 1. The average Bonchev–Trinajstić information content (AvgIpc) is 2.44. The maximum absolute atomic E-state index is 12.3. The van der Waals surface area contributed by atoms with Gasteiger partial charge >= 0.3 is 12.0 Å². The number of likely N-dealkylation sites (tertiary alicyclic amines) is 1. The molecule has 3 fully saturated rings. The lowest BCUT2D eigenvalue weighted by Gasteiger charge is -2.45. The first-order valence-corrected chi connectivity index (χ1v) is 8.36. The highest BCUT2D eigenvalue weighted by Crippen LogP contribution is 2.44. The zero-order chi connectivity index (χ0) is 14.9. The van der Waals surface area contributed by atoms with Gasteiger partial charge in [0.1, 0.15) is 5.54 Å². The monoisotopic (exact) mass is 294 g/mol. The molecule has 5 nitrogen and oxygen atoms in total. The number of aliphatic carboxylic acids is 1. The molecule has 1 aliphatic heterocycles. The summed E-state index contributed by atoms with van der Waals surface area (Å²) >= 11 is 0. The Morgan fingerprint density at radius 2 is 1.48 bits per heavy atom. The van der Waals surface area contributed by atoms with Crippen LogP contribution in [-0.4, -0.2) is 40.6 Å². The molecular weight excluding hydrogens is 268 g/mol. The van der Waals surface area contributed by atoms with Crippen molar-refractivity contribution in [3.63, 3.8) is 0 Å². The Bertz CT molecular complexity index is 415. The van der Waals surface area contributed by atoms with Crippen LogP contribution in [-0.2, 0) is 4.79 Å². The molecule has 118 valence electrons. The highest BCUT2D eigenvalue weighted by molar-refractivity contribution is 5.87. The Morgan fingerprint density at radius 1 is 0.857 bits per heavy atom. The lowest BCUT2D eigenvalue weighted by molar-refractivity contribution is -0.148. The van der Waals surface area contributed by atoms with Crippen LogP contribution in [0.25, 0.3) is 0 Å². The second-order valence-corrected chi connectivity index (χ2v) is 7.22. The minimum atomic E-state index is -0.989. The normalized spacial score (nSPS) is 27.0. The summed E-state index contributed by atoms with van der Waals surface area (Å²) in [6.07, 6.45) is 10.8. The third-order valence-electron chi connectivity index (χ3n) is 5.99. The topological polar surface area (TPSA) is 69.6 Å². The van der Waals surface area contributed by atoms with Crippen LogP contribution in [0.5, 0.6) is 0 Å². The van der Waals surface area contributed by atoms with E-state index in [0.29, 0.717) is 18.3 Å². The summed E-state index contributed by atoms with van der Waals surface area (Å²) in [5, 5.41) is 12.1. The van der Waals surface area contributed by atoms with Gasteiger partial charge in [-0.2, -0.15) is 0 Å². The number of nitrogens with zero attached hydrogens (tertiary/aromatic N) is 1. The van der Waals surface area contributed by atoms with Gasteiger partial charge in [-0.3, -0.25) is 0 Å². The molecule has 0 radical (unpaired) electrons. The van der Waals surface area contributed by atoms with Crippen molar-refractivity contribution in [3.05, 3.63) is 0 Å². The molecule has 0 aromatic carbocycles. The van der Waals surface area contributed by atoms with Crippen LogP contribution >= 0.6 is 0 Å². The molecule has 5 heteroatoms. The van der Waals surface area contributed by atoms with Crippen molar-refractivity contribution in [1.29, 1.82) is 0 Å². The van der Waals surface area contributed by atoms with E-state index in [-0.39, 0.29) is 6.03 Å². The number of hydrogen-bond acceptors (Lipinski definition) is 2. The summed E-state index contributed by atoms with van der Waals surface area (Å²) in [6.45, 7) is 1.56. The highest BCUT2D eigenvalue weighted by Gasteiger charge is 2.47. The number of rotatable bonds is 2. The average molecular weight is 294 g/mol. The van der Waals surface area contributed by atoms with Crippen LogP contribution in [0.2, 0.25) is 0 Å². The molecule has 3 aliphatic rings. The van der Waals surface area contributed by atoms with E-state index in [1.807, 2.05) is 4.90 Å². The number of piperidine rings is 1. The first-order valence-electron chi connectivity index (χ1n) is 8.36. The second kappa shape index (κ2) is 5.50. The maximum Gasteiger partial charge on any atom is 0.329 e. The maximum atomic E-state index is 12.3. The van der Waals surface area contributed by atoms with E-state index in [1.165, 1.54) is 32.1 Å². The number of amides is 2. The van der Waals surface area contributed by atoms with Crippen molar-refractivity contribution in [2.24, 2.45) is 5.41 Å². The third kappa shape index (κ3) is 2.74. The summed E-state index contributed by atoms with van der Waals surface area (Å²) in [4.78, 5) is 25.5.